The van der Waals surface area contributed by atoms with Crippen molar-refractivity contribution >= 4 is 17.7 Å². The number of nitrogens with one attached hydrogen (secondary N) is 1. The number of nitrogens with zero attached hydrogens (tertiary/aromatic N) is 2. The van der Waals surface area contributed by atoms with Crippen molar-refractivity contribution in [2.45, 2.75) is 0 Å². The Labute approximate surface area is 132 Å². The van der Waals surface area contributed by atoms with Gasteiger partial charge in [0.2, 0.25) is 0 Å². The van der Waals surface area contributed by atoms with E-state index in [1.807, 2.05) is 0 Å². The summed E-state index contributed by atoms with van der Waals surface area (Å²) in [6, 6.07) is 4.21. The Hall–Kier alpha value is -3.34. The first-order valence-electron chi connectivity index (χ1n) is 6.39. The van der Waals surface area contributed by atoms with Crippen molar-refractivity contribution in [3.05, 3.63) is 46.0 Å². The van der Waals surface area contributed by atoms with E-state index >= 15 is 0 Å². The molecule has 1 N–H and O–H groups in total. The Bertz CT molecular complexity index is 704. The normalized spacial score (nSPS) is 10.4. The second kappa shape index (κ2) is 8.19. The van der Waals surface area contributed by atoms with E-state index in [1.165, 1.54) is 32.4 Å². The number of hydrogen-bond donors (Lipinski definition) is 1. The highest BCUT2D eigenvalue weighted by Gasteiger charge is 2.20. The van der Waals surface area contributed by atoms with Crippen LogP contribution in [0.4, 0.5) is 5.69 Å². The van der Waals surface area contributed by atoms with Gasteiger partial charge in [-0.3, -0.25) is 14.9 Å². The predicted octanol–water partition coefficient (Wildman–Crippen LogP) is 1.82. The summed E-state index contributed by atoms with van der Waals surface area (Å²) in [7, 11) is 2.72. The average Bonchev–Trinajstić information content (AvgIpc) is 2.56. The lowest BCUT2D eigenvalue weighted by Gasteiger charge is -2.09. The summed E-state index contributed by atoms with van der Waals surface area (Å²) in [4.78, 5) is 22.4. The lowest BCUT2D eigenvalue weighted by Crippen LogP contribution is -2.24. The van der Waals surface area contributed by atoms with E-state index in [4.69, 9.17) is 14.7 Å². The van der Waals surface area contributed by atoms with Gasteiger partial charge in [0.15, 0.2) is 11.5 Å². The topological polar surface area (TPSA) is 114 Å². The third-order valence-electron chi connectivity index (χ3n) is 2.80. The molecule has 0 spiro atoms. The van der Waals surface area contributed by atoms with Crippen molar-refractivity contribution in [3.8, 4) is 17.6 Å². The molecule has 0 aromatic heterocycles. The van der Waals surface area contributed by atoms with Gasteiger partial charge >= 0.3 is 0 Å². The summed E-state index contributed by atoms with van der Waals surface area (Å²) in [5, 5.41) is 22.7. The number of hydrogen-bond acceptors (Lipinski definition) is 6. The molecular weight excluding hydrogens is 302 g/mol. The molecular formula is C15H15N3O5. The van der Waals surface area contributed by atoms with Crippen LogP contribution >= 0.6 is 0 Å². The van der Waals surface area contributed by atoms with Gasteiger partial charge in [0.1, 0.15) is 11.6 Å². The number of amides is 1. The van der Waals surface area contributed by atoms with Crippen LogP contribution in [0.2, 0.25) is 0 Å². The minimum absolute atomic E-state index is 0.0537. The number of nitriles is 1. The second-order valence-corrected chi connectivity index (χ2v) is 4.19. The quantitative estimate of drug-likeness (QED) is 0.270. The standard InChI is InChI=1S/C15H15N3O5/c1-4-5-17-15(19)11(9-16)6-10-7-13(22-2)14(23-3)8-12(10)18(20)21/h4,6-8H,1,5H2,2-3H3,(H,17,19)/b11-6+. The van der Waals surface area contributed by atoms with E-state index in [0.717, 1.165) is 6.08 Å². The molecule has 23 heavy (non-hydrogen) atoms. The van der Waals surface area contributed by atoms with Crippen LogP contribution in [0.15, 0.2) is 30.4 Å². The second-order valence-electron chi connectivity index (χ2n) is 4.19. The van der Waals surface area contributed by atoms with Crippen LogP contribution in [0.1, 0.15) is 5.56 Å². The maximum atomic E-state index is 11.8. The van der Waals surface area contributed by atoms with Crippen molar-refractivity contribution in [1.29, 1.82) is 5.26 Å². The summed E-state index contributed by atoms with van der Waals surface area (Å²) in [6.45, 7) is 3.62. The summed E-state index contributed by atoms with van der Waals surface area (Å²) >= 11 is 0. The number of nitro benzene ring substituents is 1. The minimum atomic E-state index is -0.656. The summed E-state index contributed by atoms with van der Waals surface area (Å²) in [6.07, 6.45) is 2.57. The molecule has 120 valence electrons. The van der Waals surface area contributed by atoms with Gasteiger partial charge in [0.25, 0.3) is 11.6 Å². The molecule has 0 aliphatic heterocycles. The van der Waals surface area contributed by atoms with E-state index in [0.29, 0.717) is 0 Å². The van der Waals surface area contributed by atoms with Crippen LogP contribution in [-0.2, 0) is 4.79 Å². The van der Waals surface area contributed by atoms with Crippen LogP contribution in [0.5, 0.6) is 11.5 Å². The molecule has 0 aliphatic rings. The van der Waals surface area contributed by atoms with Gasteiger partial charge in [0.05, 0.1) is 30.8 Å². The van der Waals surface area contributed by atoms with E-state index < -0.39 is 10.8 Å². The SMILES string of the molecule is C=CCNC(=O)/C(C#N)=C/c1cc(OC)c(OC)cc1[N+](=O)[O-]. The molecule has 0 saturated heterocycles. The molecule has 1 aromatic rings. The molecule has 0 atom stereocenters. The Morgan fingerprint density at radius 2 is 2.04 bits per heavy atom. The summed E-state index contributed by atoms with van der Waals surface area (Å²) in [5.74, 6) is -0.240. The third-order valence-corrected chi connectivity index (χ3v) is 2.80. The highest BCUT2D eigenvalue weighted by Crippen LogP contribution is 2.35. The summed E-state index contributed by atoms with van der Waals surface area (Å²) < 4.78 is 10.1. The fraction of sp³-hybridized carbons (Fsp3) is 0.200. The first-order valence-corrected chi connectivity index (χ1v) is 6.39. The molecule has 1 aromatic carbocycles. The van der Waals surface area contributed by atoms with Crippen LogP contribution < -0.4 is 14.8 Å². The van der Waals surface area contributed by atoms with Crippen LogP contribution in [0.3, 0.4) is 0 Å². The summed E-state index contributed by atoms with van der Waals surface area (Å²) in [5.41, 5.74) is -0.535. The molecule has 0 unspecified atom stereocenters. The molecule has 0 bridgehead atoms. The average molecular weight is 317 g/mol. The zero-order chi connectivity index (χ0) is 17.4. The van der Waals surface area contributed by atoms with Crippen LogP contribution in [0, 0.1) is 21.4 Å². The van der Waals surface area contributed by atoms with Gasteiger partial charge in [0, 0.05) is 6.54 Å². The van der Waals surface area contributed by atoms with E-state index in [-0.39, 0.29) is 34.9 Å². The largest absolute Gasteiger partial charge is 0.493 e. The maximum Gasteiger partial charge on any atom is 0.280 e. The van der Waals surface area contributed by atoms with Crippen molar-refractivity contribution in [3.63, 3.8) is 0 Å². The fourth-order valence-electron chi connectivity index (χ4n) is 1.72. The van der Waals surface area contributed by atoms with Gasteiger partial charge in [-0.25, -0.2) is 0 Å². The predicted molar refractivity (Wildman–Crippen MR) is 83.0 cm³/mol. The minimum Gasteiger partial charge on any atom is -0.493 e. The first-order chi connectivity index (χ1) is 11.0. The number of benzene rings is 1. The van der Waals surface area contributed by atoms with Crippen molar-refractivity contribution in [2.75, 3.05) is 20.8 Å². The van der Waals surface area contributed by atoms with E-state index in [2.05, 4.69) is 11.9 Å². The number of ether oxygens (including phenoxy) is 2. The van der Waals surface area contributed by atoms with Crippen LogP contribution in [-0.4, -0.2) is 31.6 Å². The molecule has 0 fully saturated rings. The zero-order valence-electron chi connectivity index (χ0n) is 12.7. The van der Waals surface area contributed by atoms with Crippen molar-refractivity contribution < 1.29 is 19.2 Å². The molecule has 0 aliphatic carbocycles. The van der Waals surface area contributed by atoms with Gasteiger partial charge < -0.3 is 14.8 Å². The number of nitro groups is 1. The van der Waals surface area contributed by atoms with Crippen LogP contribution in [0.25, 0.3) is 6.08 Å². The molecule has 0 saturated carbocycles. The smallest absolute Gasteiger partial charge is 0.280 e. The van der Waals surface area contributed by atoms with Gasteiger partial charge in [-0.1, -0.05) is 6.08 Å². The Balaban J connectivity index is 3.41. The highest BCUT2D eigenvalue weighted by molar-refractivity contribution is 6.02. The Kier molecular flexibility index (Phi) is 6.30. The van der Waals surface area contributed by atoms with Gasteiger partial charge in [-0.15, -0.1) is 6.58 Å². The monoisotopic (exact) mass is 317 g/mol. The van der Waals surface area contributed by atoms with E-state index in [9.17, 15) is 14.9 Å². The van der Waals surface area contributed by atoms with Crippen molar-refractivity contribution in [2.24, 2.45) is 0 Å². The number of carbonyl (C=O) groups is 1. The molecule has 8 nitrogen and oxygen atoms in total. The Morgan fingerprint density at radius 1 is 1.43 bits per heavy atom. The van der Waals surface area contributed by atoms with Gasteiger partial charge in [-0.05, 0) is 12.1 Å². The Morgan fingerprint density at radius 3 is 2.52 bits per heavy atom. The van der Waals surface area contributed by atoms with Crippen molar-refractivity contribution in [1.82, 2.24) is 5.32 Å². The first kappa shape index (κ1) is 17.7. The maximum absolute atomic E-state index is 11.8. The third kappa shape index (κ3) is 4.31. The lowest BCUT2D eigenvalue weighted by molar-refractivity contribution is -0.385. The number of rotatable bonds is 7. The van der Waals surface area contributed by atoms with E-state index in [1.54, 1.807) is 6.07 Å². The highest BCUT2D eigenvalue weighted by atomic mass is 16.6. The number of carbonyl (C=O) groups excluding carboxylic acids is 1. The molecule has 1 amide bonds. The number of methoxy groups -OCH3 is 2. The zero-order valence-corrected chi connectivity index (χ0v) is 12.7. The molecule has 0 radical (unpaired) electrons. The lowest BCUT2D eigenvalue weighted by atomic mass is 10.1. The fourth-order valence-corrected chi connectivity index (χ4v) is 1.72. The molecule has 0 heterocycles. The van der Waals surface area contributed by atoms with Gasteiger partial charge in [-0.2, -0.15) is 5.26 Å². The molecule has 1 rings (SSSR count). The molecule has 8 heteroatoms.